The molecule has 1 amide bonds. The fourth-order valence-electron chi connectivity index (χ4n) is 1.35. The van der Waals surface area contributed by atoms with Crippen LogP contribution in [0.5, 0.6) is 0 Å². The third-order valence-electron chi connectivity index (χ3n) is 2.07. The molecular weight excluding hydrogens is 184 g/mol. The van der Waals surface area contributed by atoms with Gasteiger partial charge in [0.2, 0.25) is 5.91 Å². The molecular formula is C9H18N2OS. The van der Waals surface area contributed by atoms with E-state index in [1.807, 2.05) is 0 Å². The summed E-state index contributed by atoms with van der Waals surface area (Å²) in [6.45, 7) is 4.66. The van der Waals surface area contributed by atoms with E-state index >= 15 is 0 Å². The highest BCUT2D eigenvalue weighted by Crippen LogP contribution is 2.25. The monoisotopic (exact) mass is 202 g/mol. The molecule has 0 saturated carbocycles. The molecule has 0 aromatic carbocycles. The van der Waals surface area contributed by atoms with E-state index < -0.39 is 0 Å². The van der Waals surface area contributed by atoms with Crippen molar-refractivity contribution in [2.45, 2.75) is 25.0 Å². The third kappa shape index (κ3) is 4.00. The van der Waals surface area contributed by atoms with Crippen LogP contribution in [0, 0.1) is 0 Å². The van der Waals surface area contributed by atoms with Crippen molar-refractivity contribution in [1.29, 1.82) is 0 Å². The second-order valence-corrected chi connectivity index (χ2v) is 4.46. The molecule has 1 saturated heterocycles. The van der Waals surface area contributed by atoms with Crippen molar-refractivity contribution in [1.82, 2.24) is 10.6 Å². The molecule has 1 heterocycles. The maximum absolute atomic E-state index is 11.4. The van der Waals surface area contributed by atoms with Crippen LogP contribution in [0.15, 0.2) is 0 Å². The Morgan fingerprint density at radius 3 is 3.00 bits per heavy atom. The highest BCUT2D eigenvalue weighted by molar-refractivity contribution is 8.00. The lowest BCUT2D eigenvalue weighted by Gasteiger charge is -2.09. The first-order valence-corrected chi connectivity index (χ1v) is 5.99. The smallest absolute Gasteiger partial charge is 0.233 e. The molecule has 1 aliphatic heterocycles. The number of amides is 1. The van der Waals surface area contributed by atoms with E-state index in [9.17, 15) is 4.79 Å². The summed E-state index contributed by atoms with van der Waals surface area (Å²) in [5.41, 5.74) is 0. The van der Waals surface area contributed by atoms with E-state index in [1.54, 1.807) is 11.8 Å². The summed E-state index contributed by atoms with van der Waals surface area (Å²) in [6.07, 6.45) is 2.24. The van der Waals surface area contributed by atoms with Gasteiger partial charge in [-0.25, -0.2) is 0 Å². The molecule has 1 unspecified atom stereocenters. The first-order valence-electron chi connectivity index (χ1n) is 4.94. The average Bonchev–Trinajstić information content (AvgIpc) is 2.65. The number of hydrogen-bond donors (Lipinski definition) is 2. The minimum atomic E-state index is 0.223. The molecule has 0 aromatic heterocycles. The van der Waals surface area contributed by atoms with Crippen LogP contribution >= 0.6 is 11.8 Å². The van der Waals surface area contributed by atoms with E-state index in [-0.39, 0.29) is 11.2 Å². The summed E-state index contributed by atoms with van der Waals surface area (Å²) in [7, 11) is 0. The summed E-state index contributed by atoms with van der Waals surface area (Å²) in [5.74, 6) is 1.37. The molecule has 3 nitrogen and oxygen atoms in total. The van der Waals surface area contributed by atoms with Crippen molar-refractivity contribution in [3.8, 4) is 0 Å². The standard InChI is InChI=1S/C9H18N2OS/c1-2-10-5-6-11-9(12)8-4-3-7-13-8/h8,10H,2-7H2,1H3,(H,11,12). The fourth-order valence-corrected chi connectivity index (χ4v) is 2.54. The SMILES string of the molecule is CCNCCNC(=O)C1CCCS1. The minimum Gasteiger partial charge on any atom is -0.354 e. The quantitative estimate of drug-likeness (QED) is 0.642. The predicted octanol–water partition coefficient (Wildman–Crippen LogP) is 0.608. The Bertz CT molecular complexity index is 158. The second-order valence-electron chi connectivity index (χ2n) is 3.15. The van der Waals surface area contributed by atoms with Crippen molar-refractivity contribution in [2.75, 3.05) is 25.4 Å². The number of rotatable bonds is 5. The van der Waals surface area contributed by atoms with Crippen LogP contribution in [0.25, 0.3) is 0 Å². The van der Waals surface area contributed by atoms with Crippen molar-refractivity contribution in [3.05, 3.63) is 0 Å². The highest BCUT2D eigenvalue weighted by atomic mass is 32.2. The van der Waals surface area contributed by atoms with Gasteiger partial charge in [0, 0.05) is 13.1 Å². The Kier molecular flexibility index (Phi) is 5.23. The van der Waals surface area contributed by atoms with Crippen LogP contribution in [-0.4, -0.2) is 36.5 Å². The lowest BCUT2D eigenvalue weighted by atomic mass is 10.2. The number of hydrogen-bond acceptors (Lipinski definition) is 3. The van der Waals surface area contributed by atoms with Gasteiger partial charge in [-0.3, -0.25) is 4.79 Å². The first kappa shape index (κ1) is 10.9. The summed E-state index contributed by atoms with van der Waals surface area (Å²) < 4.78 is 0. The van der Waals surface area contributed by atoms with Crippen molar-refractivity contribution < 1.29 is 4.79 Å². The van der Waals surface area contributed by atoms with Crippen molar-refractivity contribution in [2.24, 2.45) is 0 Å². The maximum Gasteiger partial charge on any atom is 0.233 e. The van der Waals surface area contributed by atoms with Crippen molar-refractivity contribution >= 4 is 17.7 Å². The molecule has 76 valence electrons. The fraction of sp³-hybridized carbons (Fsp3) is 0.889. The van der Waals surface area contributed by atoms with E-state index in [1.165, 1.54) is 6.42 Å². The lowest BCUT2D eigenvalue weighted by Crippen LogP contribution is -2.36. The van der Waals surface area contributed by atoms with E-state index in [4.69, 9.17) is 0 Å². The summed E-state index contributed by atoms with van der Waals surface area (Å²) in [5, 5.41) is 6.33. The number of nitrogens with one attached hydrogen (secondary N) is 2. The Morgan fingerprint density at radius 1 is 1.54 bits per heavy atom. The van der Waals surface area contributed by atoms with Crippen LogP contribution in [0.1, 0.15) is 19.8 Å². The van der Waals surface area contributed by atoms with Crippen molar-refractivity contribution in [3.63, 3.8) is 0 Å². The number of thioether (sulfide) groups is 1. The summed E-state index contributed by atoms with van der Waals surface area (Å²) >= 11 is 1.78. The Hall–Kier alpha value is -0.220. The van der Waals surface area contributed by atoms with Gasteiger partial charge in [0.15, 0.2) is 0 Å². The van der Waals surface area contributed by atoms with Gasteiger partial charge in [-0.15, -0.1) is 11.8 Å². The van der Waals surface area contributed by atoms with Gasteiger partial charge in [0.05, 0.1) is 5.25 Å². The number of carbonyl (C=O) groups excluding carboxylic acids is 1. The Morgan fingerprint density at radius 2 is 2.38 bits per heavy atom. The average molecular weight is 202 g/mol. The zero-order valence-corrected chi connectivity index (χ0v) is 8.95. The first-order chi connectivity index (χ1) is 6.34. The van der Waals surface area contributed by atoms with Gasteiger partial charge in [0.25, 0.3) is 0 Å². The lowest BCUT2D eigenvalue weighted by molar-refractivity contribution is -0.120. The molecule has 0 spiro atoms. The molecule has 13 heavy (non-hydrogen) atoms. The van der Waals surface area contributed by atoms with Crippen LogP contribution < -0.4 is 10.6 Å². The summed E-state index contributed by atoms with van der Waals surface area (Å²) in [4.78, 5) is 11.4. The Balaban J connectivity index is 2.03. The highest BCUT2D eigenvalue weighted by Gasteiger charge is 2.22. The topological polar surface area (TPSA) is 41.1 Å². The van der Waals surface area contributed by atoms with Gasteiger partial charge in [-0.2, -0.15) is 0 Å². The molecule has 2 N–H and O–H groups in total. The molecule has 0 radical (unpaired) electrons. The molecule has 0 aromatic rings. The molecule has 4 heteroatoms. The molecule has 1 rings (SSSR count). The van der Waals surface area contributed by atoms with Gasteiger partial charge in [0.1, 0.15) is 0 Å². The van der Waals surface area contributed by atoms with E-state index in [2.05, 4.69) is 17.6 Å². The molecule has 1 fully saturated rings. The van der Waals surface area contributed by atoms with Gasteiger partial charge in [-0.05, 0) is 25.1 Å². The maximum atomic E-state index is 11.4. The Labute approximate surface area is 84.0 Å². The largest absolute Gasteiger partial charge is 0.354 e. The zero-order valence-electron chi connectivity index (χ0n) is 8.14. The van der Waals surface area contributed by atoms with E-state index in [0.717, 1.165) is 31.8 Å². The minimum absolute atomic E-state index is 0.223. The molecule has 0 bridgehead atoms. The second kappa shape index (κ2) is 6.27. The number of carbonyl (C=O) groups is 1. The predicted molar refractivity (Wildman–Crippen MR) is 57.0 cm³/mol. The zero-order chi connectivity index (χ0) is 9.52. The van der Waals surface area contributed by atoms with E-state index in [0.29, 0.717) is 0 Å². The number of likely N-dealkylation sites (N-methyl/N-ethyl adjacent to an activating group) is 1. The van der Waals surface area contributed by atoms with Crippen LogP contribution in [-0.2, 0) is 4.79 Å². The third-order valence-corrected chi connectivity index (χ3v) is 3.45. The summed E-state index contributed by atoms with van der Waals surface area (Å²) in [6, 6.07) is 0. The molecule has 1 aliphatic rings. The van der Waals surface area contributed by atoms with Crippen LogP contribution in [0.3, 0.4) is 0 Å². The normalized spacial score (nSPS) is 21.8. The molecule has 0 aliphatic carbocycles. The van der Waals surface area contributed by atoms with Gasteiger partial charge >= 0.3 is 0 Å². The van der Waals surface area contributed by atoms with Crippen LogP contribution in [0.2, 0.25) is 0 Å². The molecule has 1 atom stereocenters. The van der Waals surface area contributed by atoms with Crippen LogP contribution in [0.4, 0.5) is 0 Å². The van der Waals surface area contributed by atoms with Gasteiger partial charge in [-0.1, -0.05) is 6.92 Å². The van der Waals surface area contributed by atoms with Gasteiger partial charge < -0.3 is 10.6 Å².